The van der Waals surface area contributed by atoms with Crippen molar-refractivity contribution in [2.75, 3.05) is 0 Å². The lowest BCUT2D eigenvalue weighted by molar-refractivity contribution is 0.0846. The molecule has 0 amide bonds. The number of alkyl halides is 1. The first-order valence-corrected chi connectivity index (χ1v) is 6.66. The average Bonchev–Trinajstić information content (AvgIpc) is 2.14. The molecule has 0 aromatic heterocycles. The number of benzene rings is 1. The van der Waals surface area contributed by atoms with Gasteiger partial charge in [-0.3, -0.25) is 0 Å². The molecule has 2 N–H and O–H groups in total. The fourth-order valence-corrected chi connectivity index (χ4v) is 2.30. The van der Waals surface area contributed by atoms with Gasteiger partial charge in [-0.05, 0) is 56.9 Å². The summed E-state index contributed by atoms with van der Waals surface area (Å²) in [4.78, 5) is 0. The quantitative estimate of drug-likeness (QED) is 0.466. The van der Waals surface area contributed by atoms with Crippen LogP contribution in [0.3, 0.4) is 0 Å². The lowest BCUT2D eigenvalue weighted by atomic mass is 9.92. The molecule has 2 nitrogen and oxygen atoms in total. The Morgan fingerprint density at radius 3 is 2.65 bits per heavy atom. The van der Waals surface area contributed by atoms with Gasteiger partial charge < -0.3 is 10.5 Å². The number of hydrogen-bond donors (Lipinski definition) is 1. The molecular weight excluding hydrogens is 349 g/mol. The molecule has 0 saturated heterocycles. The maximum absolute atomic E-state index is 6.09. The molecule has 0 bridgehead atoms. The smallest absolute Gasteiger partial charge is 0.123 e. The van der Waals surface area contributed by atoms with Crippen LogP contribution in [0.5, 0.6) is 5.75 Å². The first-order valence-electron chi connectivity index (χ1n) is 5.58. The third kappa shape index (κ3) is 3.48. The van der Waals surface area contributed by atoms with Crippen molar-refractivity contribution in [1.29, 1.82) is 0 Å². The fraction of sp³-hybridized carbons (Fsp3) is 0.538. The zero-order valence-electron chi connectivity index (χ0n) is 10.4. The van der Waals surface area contributed by atoms with Crippen LogP contribution in [0.15, 0.2) is 18.2 Å². The summed E-state index contributed by atoms with van der Waals surface area (Å²) in [6, 6.07) is 6.29. The SMILES string of the molecule is CC1(C)CCc2cc([C@](C)(N)I)ccc2O1.Cl. The molecule has 2 rings (SSSR count). The van der Waals surface area contributed by atoms with E-state index >= 15 is 0 Å². The summed E-state index contributed by atoms with van der Waals surface area (Å²) in [6.45, 7) is 6.29. The lowest BCUT2D eigenvalue weighted by Crippen LogP contribution is -2.33. The number of ether oxygens (including phenoxy) is 1. The second-order valence-electron chi connectivity index (χ2n) is 5.26. The highest BCUT2D eigenvalue weighted by molar-refractivity contribution is 14.1. The summed E-state index contributed by atoms with van der Waals surface area (Å²) >= 11 is 2.26. The van der Waals surface area contributed by atoms with E-state index in [1.807, 2.05) is 6.92 Å². The maximum atomic E-state index is 6.09. The third-order valence-corrected chi connectivity index (χ3v) is 3.63. The summed E-state index contributed by atoms with van der Waals surface area (Å²) in [5.74, 6) is 1.01. The van der Waals surface area contributed by atoms with Crippen molar-refractivity contribution in [2.45, 2.75) is 42.8 Å². The number of halogens is 2. The predicted molar refractivity (Wildman–Crippen MR) is 82.3 cm³/mol. The van der Waals surface area contributed by atoms with E-state index in [1.165, 1.54) is 5.56 Å². The zero-order valence-corrected chi connectivity index (χ0v) is 13.4. The summed E-state index contributed by atoms with van der Waals surface area (Å²) < 4.78 is 5.64. The number of fused-ring (bicyclic) bond motifs is 1. The van der Waals surface area contributed by atoms with Crippen molar-refractivity contribution in [1.82, 2.24) is 0 Å². The van der Waals surface area contributed by atoms with Gasteiger partial charge in [-0.25, -0.2) is 0 Å². The zero-order chi connectivity index (χ0) is 12.0. The molecule has 1 aromatic rings. The van der Waals surface area contributed by atoms with Crippen molar-refractivity contribution >= 4 is 35.0 Å². The molecule has 1 heterocycles. The van der Waals surface area contributed by atoms with Gasteiger partial charge in [-0.2, -0.15) is 0 Å². The van der Waals surface area contributed by atoms with Gasteiger partial charge in [0, 0.05) is 0 Å². The minimum atomic E-state index is -0.306. The largest absolute Gasteiger partial charge is 0.488 e. The van der Waals surface area contributed by atoms with Gasteiger partial charge in [0.1, 0.15) is 11.4 Å². The third-order valence-electron chi connectivity index (χ3n) is 3.01. The van der Waals surface area contributed by atoms with Gasteiger partial charge in [0.15, 0.2) is 0 Å². The summed E-state index contributed by atoms with van der Waals surface area (Å²) in [6.07, 6.45) is 2.13. The second kappa shape index (κ2) is 4.94. The topological polar surface area (TPSA) is 35.2 Å². The molecule has 0 unspecified atom stereocenters. The normalized spacial score (nSPS) is 20.5. The van der Waals surface area contributed by atoms with Crippen LogP contribution in [0.25, 0.3) is 0 Å². The maximum Gasteiger partial charge on any atom is 0.123 e. The minimum absolute atomic E-state index is 0. The molecule has 0 aliphatic carbocycles. The van der Waals surface area contributed by atoms with Crippen LogP contribution in [0.4, 0.5) is 0 Å². The molecule has 1 aromatic carbocycles. The Labute approximate surface area is 123 Å². The summed E-state index contributed by atoms with van der Waals surface area (Å²) in [5.41, 5.74) is 8.50. The van der Waals surface area contributed by atoms with E-state index in [2.05, 4.69) is 54.6 Å². The average molecular weight is 368 g/mol. The van der Waals surface area contributed by atoms with Gasteiger partial charge in [0.25, 0.3) is 0 Å². The van der Waals surface area contributed by atoms with Crippen LogP contribution in [0.1, 0.15) is 38.3 Å². The molecule has 0 saturated carbocycles. The van der Waals surface area contributed by atoms with E-state index in [0.717, 1.165) is 24.2 Å². The Balaban J connectivity index is 0.00000144. The molecular formula is C13H19ClINO. The molecule has 0 radical (unpaired) electrons. The fourth-order valence-electron chi connectivity index (χ4n) is 1.96. The molecule has 4 heteroatoms. The molecule has 0 spiro atoms. The van der Waals surface area contributed by atoms with Crippen molar-refractivity contribution in [3.8, 4) is 5.75 Å². The van der Waals surface area contributed by atoms with Crippen LogP contribution in [0, 0.1) is 0 Å². The van der Waals surface area contributed by atoms with Crippen LogP contribution in [-0.4, -0.2) is 5.60 Å². The van der Waals surface area contributed by atoms with Crippen molar-refractivity contribution < 1.29 is 4.74 Å². The van der Waals surface area contributed by atoms with Crippen LogP contribution in [-0.2, 0) is 9.97 Å². The van der Waals surface area contributed by atoms with E-state index in [1.54, 1.807) is 0 Å². The highest BCUT2D eigenvalue weighted by atomic mass is 127. The molecule has 0 fully saturated rings. The van der Waals surface area contributed by atoms with E-state index in [-0.39, 0.29) is 21.6 Å². The summed E-state index contributed by atoms with van der Waals surface area (Å²) in [5, 5.41) is 0. The summed E-state index contributed by atoms with van der Waals surface area (Å²) in [7, 11) is 0. The van der Waals surface area contributed by atoms with Gasteiger partial charge in [-0.1, -0.05) is 28.7 Å². The molecule has 1 atom stereocenters. The second-order valence-corrected chi connectivity index (χ2v) is 7.50. The molecule has 1 aliphatic heterocycles. The monoisotopic (exact) mass is 367 g/mol. The minimum Gasteiger partial charge on any atom is -0.488 e. The van der Waals surface area contributed by atoms with E-state index in [0.29, 0.717) is 0 Å². The van der Waals surface area contributed by atoms with Crippen LogP contribution < -0.4 is 10.5 Å². The Bertz CT molecular complexity index is 412. The van der Waals surface area contributed by atoms with E-state index < -0.39 is 0 Å². The van der Waals surface area contributed by atoms with Gasteiger partial charge in [0.2, 0.25) is 0 Å². The first kappa shape index (κ1) is 15.1. The van der Waals surface area contributed by atoms with Gasteiger partial charge in [0.05, 0.1) is 3.55 Å². The van der Waals surface area contributed by atoms with Gasteiger partial charge in [-0.15, -0.1) is 12.4 Å². The van der Waals surface area contributed by atoms with Gasteiger partial charge >= 0.3 is 0 Å². The number of aryl methyl sites for hydroxylation is 1. The Morgan fingerprint density at radius 1 is 1.41 bits per heavy atom. The Hall–Kier alpha value is -0.0000000000000000555. The van der Waals surface area contributed by atoms with E-state index in [9.17, 15) is 0 Å². The van der Waals surface area contributed by atoms with Crippen LogP contribution >= 0.6 is 35.0 Å². The number of hydrogen-bond acceptors (Lipinski definition) is 2. The Kier molecular flexibility index (Phi) is 4.37. The standard InChI is InChI=1S/C13H18INO.ClH/c1-12(2)7-6-9-8-10(13(3,14)15)4-5-11(9)16-12;/h4-5,8H,6-7,15H2,1-3H3;1H/t13-;/m0./s1. The lowest BCUT2D eigenvalue weighted by Gasteiger charge is -2.33. The highest BCUT2D eigenvalue weighted by Gasteiger charge is 2.27. The Morgan fingerprint density at radius 2 is 2.06 bits per heavy atom. The highest BCUT2D eigenvalue weighted by Crippen LogP contribution is 2.36. The van der Waals surface area contributed by atoms with E-state index in [4.69, 9.17) is 10.5 Å². The van der Waals surface area contributed by atoms with Crippen molar-refractivity contribution in [3.05, 3.63) is 29.3 Å². The molecule has 1 aliphatic rings. The number of rotatable bonds is 1. The molecule has 17 heavy (non-hydrogen) atoms. The first-order chi connectivity index (χ1) is 7.28. The van der Waals surface area contributed by atoms with Crippen molar-refractivity contribution in [3.63, 3.8) is 0 Å². The number of nitrogens with two attached hydrogens (primary N) is 1. The predicted octanol–water partition coefficient (Wildman–Crippen LogP) is 3.78. The molecule has 96 valence electrons. The van der Waals surface area contributed by atoms with Crippen LogP contribution in [0.2, 0.25) is 0 Å². The van der Waals surface area contributed by atoms with Crippen molar-refractivity contribution in [2.24, 2.45) is 5.73 Å².